The number of hydrogen-bond donors (Lipinski definition) is 3. The van der Waals surface area contributed by atoms with Crippen molar-refractivity contribution in [2.45, 2.75) is 52.5 Å². The average Bonchev–Trinajstić information content (AvgIpc) is 3.19. The Morgan fingerprint density at radius 2 is 1.96 bits per heavy atom. The first-order valence-electron chi connectivity index (χ1n) is 16.0. The van der Waals surface area contributed by atoms with Crippen LogP contribution in [0.1, 0.15) is 50.8 Å². The van der Waals surface area contributed by atoms with Crippen LogP contribution in [-0.4, -0.2) is 85.9 Å². The summed E-state index contributed by atoms with van der Waals surface area (Å²) < 4.78 is 0. The number of carbonyl (C=O) groups excluding carboxylic acids is 3. The lowest BCUT2D eigenvalue weighted by molar-refractivity contribution is -0.125. The van der Waals surface area contributed by atoms with E-state index in [1.165, 1.54) is 4.90 Å². The number of fused-ring (bicyclic) bond motifs is 1. The molecule has 254 valence electrons. The van der Waals surface area contributed by atoms with E-state index < -0.39 is 6.04 Å². The SMILES string of the molecule is C=CCCC1=N[C@@H](CC(=O)NC/C=C(NCC/C=N\C(=N/CN(C)C=O)Nc2ccc(C)nc2)\C(C)=C/C)C(=O)N(C)c2ccccc21. The van der Waals surface area contributed by atoms with Crippen LogP contribution in [0.5, 0.6) is 0 Å². The third-order valence-corrected chi connectivity index (χ3v) is 7.52. The second-order valence-electron chi connectivity index (χ2n) is 11.3. The minimum Gasteiger partial charge on any atom is -0.385 e. The number of carbonyl (C=O) groups is 3. The van der Waals surface area contributed by atoms with Crippen molar-refractivity contribution in [2.24, 2.45) is 15.0 Å². The minimum atomic E-state index is -0.815. The van der Waals surface area contributed by atoms with Gasteiger partial charge in [0.05, 0.1) is 24.0 Å². The number of hydrogen-bond acceptors (Lipinski definition) is 7. The van der Waals surface area contributed by atoms with Crippen molar-refractivity contribution < 1.29 is 14.4 Å². The number of pyridine rings is 1. The van der Waals surface area contributed by atoms with Crippen molar-refractivity contribution in [2.75, 3.05) is 44.1 Å². The van der Waals surface area contributed by atoms with Gasteiger partial charge >= 0.3 is 0 Å². The standard InChI is InChI=1S/C36H47N9O3/c1-7-9-14-31-29-13-10-11-15-33(29)45(6)35(48)32(43-31)22-34(47)38-21-18-30(26(3)8-2)37-19-12-20-39-36(41-24-44(5)25-46)42-28-17-16-27(4)40-23-28/h7-8,10-11,13,15-18,20,23,25,32,37H,1,9,12,14,19,21-22,24H2,2-6H3,(H,38,47)(H,41,42)/b26-8-,30-18+,39-20-/t32-/m0/s1. The molecule has 0 saturated heterocycles. The van der Waals surface area contributed by atoms with Gasteiger partial charge in [-0.3, -0.25) is 24.4 Å². The molecule has 12 nitrogen and oxygen atoms in total. The summed E-state index contributed by atoms with van der Waals surface area (Å²) in [6, 6.07) is 10.6. The number of benzene rings is 1. The number of amides is 3. The Morgan fingerprint density at radius 3 is 2.67 bits per heavy atom. The molecular formula is C36H47N9O3. The molecule has 0 fully saturated rings. The molecule has 0 aliphatic carbocycles. The highest BCUT2D eigenvalue weighted by atomic mass is 16.2. The molecule has 2 heterocycles. The summed E-state index contributed by atoms with van der Waals surface area (Å²) in [5.41, 5.74) is 6.01. The molecule has 2 aromatic rings. The summed E-state index contributed by atoms with van der Waals surface area (Å²) >= 11 is 0. The number of anilines is 2. The molecule has 1 atom stereocenters. The summed E-state index contributed by atoms with van der Waals surface area (Å²) in [7, 11) is 3.36. The maximum absolute atomic E-state index is 13.3. The van der Waals surface area contributed by atoms with E-state index in [-0.39, 0.29) is 31.4 Å². The van der Waals surface area contributed by atoms with E-state index in [0.717, 1.165) is 46.0 Å². The molecule has 0 bridgehead atoms. The van der Waals surface area contributed by atoms with Gasteiger partial charge in [0.25, 0.3) is 5.91 Å². The molecule has 3 N–H and O–H groups in total. The predicted octanol–water partition coefficient (Wildman–Crippen LogP) is 4.41. The fourth-order valence-electron chi connectivity index (χ4n) is 4.70. The van der Waals surface area contributed by atoms with Gasteiger partial charge in [-0.25, -0.2) is 9.98 Å². The zero-order valence-electron chi connectivity index (χ0n) is 28.6. The fraction of sp³-hybridized carbons (Fsp3) is 0.361. The third kappa shape index (κ3) is 11.4. The van der Waals surface area contributed by atoms with Crippen LogP contribution in [0.4, 0.5) is 11.4 Å². The number of benzodiazepines with no additional fused rings is 1. The van der Waals surface area contributed by atoms with Gasteiger partial charge in [-0.2, -0.15) is 0 Å². The number of para-hydroxylation sites is 1. The topological polar surface area (TPSA) is 144 Å². The first kappa shape index (κ1) is 37.1. The van der Waals surface area contributed by atoms with Crippen LogP contribution < -0.4 is 20.9 Å². The Hall–Kier alpha value is -5.39. The summed E-state index contributed by atoms with van der Waals surface area (Å²) in [6.07, 6.45) is 11.8. The Morgan fingerprint density at radius 1 is 1.17 bits per heavy atom. The van der Waals surface area contributed by atoms with Gasteiger partial charge < -0.3 is 25.8 Å². The fourth-order valence-corrected chi connectivity index (χ4v) is 4.70. The number of aliphatic imine (C=N–C) groups is 3. The monoisotopic (exact) mass is 653 g/mol. The van der Waals surface area contributed by atoms with E-state index >= 15 is 0 Å². The quantitative estimate of drug-likeness (QED) is 0.0612. The number of nitrogens with one attached hydrogen (secondary N) is 3. The molecule has 1 aromatic carbocycles. The molecule has 3 amide bonds. The van der Waals surface area contributed by atoms with Gasteiger partial charge in [-0.05, 0) is 63.5 Å². The van der Waals surface area contributed by atoms with Gasteiger partial charge in [-0.1, -0.05) is 30.4 Å². The van der Waals surface area contributed by atoms with Crippen LogP contribution in [-0.2, 0) is 14.4 Å². The van der Waals surface area contributed by atoms with Crippen molar-refractivity contribution in [3.05, 3.63) is 89.9 Å². The molecule has 0 radical (unpaired) electrons. The Labute approximate surface area is 283 Å². The molecule has 1 aromatic heterocycles. The minimum absolute atomic E-state index is 0.0520. The predicted molar refractivity (Wildman–Crippen MR) is 195 cm³/mol. The van der Waals surface area contributed by atoms with Crippen molar-refractivity contribution in [3.8, 4) is 0 Å². The lowest BCUT2D eigenvalue weighted by Crippen LogP contribution is -2.38. The maximum Gasteiger partial charge on any atom is 0.252 e. The Balaban J connectivity index is 1.59. The maximum atomic E-state index is 13.3. The van der Waals surface area contributed by atoms with Gasteiger partial charge in [-0.15, -0.1) is 6.58 Å². The van der Waals surface area contributed by atoms with Crippen LogP contribution in [0.3, 0.4) is 0 Å². The summed E-state index contributed by atoms with van der Waals surface area (Å²) in [6.45, 7) is 10.7. The number of nitrogens with zero attached hydrogens (tertiary/aromatic N) is 6. The normalized spacial score (nSPS) is 15.4. The molecule has 12 heteroatoms. The zero-order chi connectivity index (χ0) is 34.9. The molecule has 0 unspecified atom stereocenters. The smallest absolute Gasteiger partial charge is 0.252 e. The highest BCUT2D eigenvalue weighted by Gasteiger charge is 2.30. The van der Waals surface area contributed by atoms with Crippen LogP contribution in [0.15, 0.2) is 93.6 Å². The second kappa shape index (κ2) is 19.3. The van der Waals surface area contributed by atoms with Gasteiger partial charge in [0.1, 0.15) is 12.7 Å². The molecule has 1 aliphatic rings. The number of aromatic nitrogens is 1. The van der Waals surface area contributed by atoms with Crippen molar-refractivity contribution in [3.63, 3.8) is 0 Å². The Kier molecular flexibility index (Phi) is 14.9. The lowest BCUT2D eigenvalue weighted by atomic mass is 10.0. The molecule has 48 heavy (non-hydrogen) atoms. The number of likely N-dealkylation sites (N-methyl/N-ethyl adjacent to an activating group) is 1. The number of aryl methyl sites for hydroxylation is 1. The molecule has 0 saturated carbocycles. The van der Waals surface area contributed by atoms with E-state index in [0.29, 0.717) is 31.8 Å². The highest BCUT2D eigenvalue weighted by Crippen LogP contribution is 2.27. The number of guanidine groups is 1. The van der Waals surface area contributed by atoms with Crippen molar-refractivity contribution in [1.82, 2.24) is 20.5 Å². The summed E-state index contributed by atoms with van der Waals surface area (Å²) in [5.74, 6) is -0.120. The lowest BCUT2D eigenvalue weighted by Gasteiger charge is -2.20. The zero-order valence-corrected chi connectivity index (χ0v) is 28.6. The molecule has 3 rings (SSSR count). The van der Waals surface area contributed by atoms with Crippen LogP contribution >= 0.6 is 0 Å². The summed E-state index contributed by atoms with van der Waals surface area (Å²) in [4.78, 5) is 58.2. The van der Waals surface area contributed by atoms with Crippen molar-refractivity contribution in [1.29, 1.82) is 0 Å². The first-order valence-corrected chi connectivity index (χ1v) is 16.0. The molecule has 0 spiro atoms. The van der Waals surface area contributed by atoms with Gasteiger partial charge in [0, 0.05) is 62.5 Å². The van der Waals surface area contributed by atoms with Gasteiger partial charge in [0.2, 0.25) is 18.3 Å². The summed E-state index contributed by atoms with van der Waals surface area (Å²) in [5, 5.41) is 9.46. The van der Waals surface area contributed by atoms with E-state index in [4.69, 9.17) is 4.99 Å². The van der Waals surface area contributed by atoms with E-state index in [1.54, 1.807) is 31.4 Å². The van der Waals surface area contributed by atoms with Crippen LogP contribution in [0, 0.1) is 6.92 Å². The van der Waals surface area contributed by atoms with E-state index in [2.05, 4.69) is 37.5 Å². The largest absolute Gasteiger partial charge is 0.385 e. The molecule has 1 aliphatic heterocycles. The van der Waals surface area contributed by atoms with Crippen LogP contribution in [0.2, 0.25) is 0 Å². The third-order valence-electron chi connectivity index (χ3n) is 7.52. The van der Waals surface area contributed by atoms with Crippen LogP contribution in [0.25, 0.3) is 0 Å². The first-order chi connectivity index (χ1) is 23.2. The van der Waals surface area contributed by atoms with Crippen molar-refractivity contribution >= 4 is 47.5 Å². The second-order valence-corrected chi connectivity index (χ2v) is 11.3. The number of allylic oxidation sites excluding steroid dienone is 3. The van der Waals surface area contributed by atoms with E-state index in [1.807, 2.05) is 75.4 Å². The van der Waals surface area contributed by atoms with Gasteiger partial charge in [0.15, 0.2) is 0 Å². The van der Waals surface area contributed by atoms with E-state index in [9.17, 15) is 14.4 Å². The molecular weight excluding hydrogens is 606 g/mol. The highest BCUT2D eigenvalue weighted by molar-refractivity contribution is 6.13. The Bertz CT molecular complexity index is 1580. The average molecular weight is 654 g/mol. The number of rotatable bonds is 16.